The van der Waals surface area contributed by atoms with Gasteiger partial charge in [0.05, 0.1) is 10.5 Å². The third-order valence-corrected chi connectivity index (χ3v) is 5.99. The van der Waals surface area contributed by atoms with Gasteiger partial charge < -0.3 is 5.11 Å². The van der Waals surface area contributed by atoms with Crippen molar-refractivity contribution in [2.24, 2.45) is 0 Å². The van der Waals surface area contributed by atoms with E-state index in [-0.39, 0.29) is 10.5 Å². The minimum Gasteiger partial charge on any atom is -0.478 e. The van der Waals surface area contributed by atoms with Crippen molar-refractivity contribution in [2.75, 3.05) is 13.1 Å². The van der Waals surface area contributed by atoms with Gasteiger partial charge in [0.15, 0.2) is 0 Å². The number of hydrogen-bond donors (Lipinski definition) is 1. The molecule has 0 aliphatic carbocycles. The number of carboxylic acids is 1. The molecule has 7 heteroatoms. The van der Waals surface area contributed by atoms with Gasteiger partial charge >= 0.3 is 5.97 Å². The standard InChI is InChI=1S/C17H16FNO4S/c18-13-5-8-15(16(11-13)17(20)21)12-3-6-14(7-4-12)24(22,23)19-9-1-2-10-19/h3-8,11H,1-2,9-10H2,(H,20,21). The number of aromatic carboxylic acids is 1. The van der Waals surface area contributed by atoms with Gasteiger partial charge in [-0.15, -0.1) is 0 Å². The van der Waals surface area contributed by atoms with Crippen molar-refractivity contribution in [3.63, 3.8) is 0 Å². The molecule has 0 spiro atoms. The molecular weight excluding hydrogens is 333 g/mol. The van der Waals surface area contributed by atoms with Crippen LogP contribution in [0.2, 0.25) is 0 Å². The normalized spacial score (nSPS) is 15.5. The highest BCUT2D eigenvalue weighted by atomic mass is 32.2. The SMILES string of the molecule is O=C(O)c1cc(F)ccc1-c1ccc(S(=O)(=O)N2CCCC2)cc1. The highest BCUT2D eigenvalue weighted by molar-refractivity contribution is 7.89. The minimum atomic E-state index is -3.51. The molecule has 0 amide bonds. The number of hydrogen-bond acceptors (Lipinski definition) is 3. The van der Waals surface area contributed by atoms with E-state index in [1.54, 1.807) is 12.1 Å². The first kappa shape index (κ1) is 16.6. The quantitative estimate of drug-likeness (QED) is 0.921. The van der Waals surface area contributed by atoms with Gasteiger partial charge in [0.1, 0.15) is 5.82 Å². The van der Waals surface area contributed by atoms with Gasteiger partial charge in [-0.3, -0.25) is 0 Å². The number of carboxylic acid groups (broad SMARTS) is 1. The maximum Gasteiger partial charge on any atom is 0.336 e. The van der Waals surface area contributed by atoms with Crippen LogP contribution in [-0.4, -0.2) is 36.9 Å². The molecule has 1 heterocycles. The molecule has 0 saturated carbocycles. The molecule has 3 rings (SSSR count). The Morgan fingerprint density at radius 2 is 1.67 bits per heavy atom. The molecule has 0 atom stereocenters. The molecule has 1 saturated heterocycles. The Kier molecular flexibility index (Phi) is 4.38. The van der Waals surface area contributed by atoms with Gasteiger partial charge in [0.25, 0.3) is 0 Å². The van der Waals surface area contributed by atoms with Gasteiger partial charge in [-0.2, -0.15) is 4.31 Å². The van der Waals surface area contributed by atoms with Crippen molar-refractivity contribution in [1.29, 1.82) is 0 Å². The van der Waals surface area contributed by atoms with Crippen LogP contribution in [0.25, 0.3) is 11.1 Å². The van der Waals surface area contributed by atoms with Gasteiger partial charge in [0.2, 0.25) is 10.0 Å². The van der Waals surface area contributed by atoms with Gasteiger partial charge in [0, 0.05) is 13.1 Å². The molecule has 2 aromatic carbocycles. The van der Waals surface area contributed by atoms with Crippen LogP contribution in [0.5, 0.6) is 0 Å². The molecule has 0 bridgehead atoms. The Bertz CT molecular complexity index is 872. The first-order valence-electron chi connectivity index (χ1n) is 7.53. The first-order chi connectivity index (χ1) is 11.4. The Morgan fingerprint density at radius 1 is 1.04 bits per heavy atom. The molecular formula is C17H16FNO4S. The van der Waals surface area contributed by atoms with E-state index in [1.807, 2.05) is 0 Å². The fourth-order valence-electron chi connectivity index (χ4n) is 2.83. The summed E-state index contributed by atoms with van der Waals surface area (Å²) in [5, 5.41) is 9.21. The van der Waals surface area contributed by atoms with Gasteiger partial charge in [-0.05, 0) is 48.2 Å². The third kappa shape index (κ3) is 3.05. The molecule has 1 aliphatic heterocycles. The fourth-order valence-corrected chi connectivity index (χ4v) is 4.35. The Labute approximate surface area is 139 Å². The smallest absolute Gasteiger partial charge is 0.336 e. The van der Waals surface area contributed by atoms with Crippen molar-refractivity contribution in [1.82, 2.24) is 4.31 Å². The molecule has 1 aliphatic rings. The highest BCUT2D eigenvalue weighted by Crippen LogP contribution is 2.27. The van der Waals surface area contributed by atoms with E-state index >= 15 is 0 Å². The number of rotatable bonds is 4. The minimum absolute atomic E-state index is 0.162. The summed E-state index contributed by atoms with van der Waals surface area (Å²) in [5.74, 6) is -1.87. The number of carbonyl (C=O) groups is 1. The predicted octanol–water partition coefficient (Wildman–Crippen LogP) is 2.98. The summed E-state index contributed by atoms with van der Waals surface area (Å²) in [6.45, 7) is 1.04. The topological polar surface area (TPSA) is 74.7 Å². The monoisotopic (exact) mass is 349 g/mol. The largest absolute Gasteiger partial charge is 0.478 e. The lowest BCUT2D eigenvalue weighted by Crippen LogP contribution is -2.27. The van der Waals surface area contributed by atoms with Crippen LogP contribution in [0, 0.1) is 5.82 Å². The molecule has 0 aromatic heterocycles. The zero-order valence-electron chi connectivity index (χ0n) is 12.8. The molecule has 0 unspecified atom stereocenters. The van der Waals surface area contributed by atoms with E-state index in [2.05, 4.69) is 0 Å². The zero-order valence-corrected chi connectivity index (χ0v) is 13.6. The maximum absolute atomic E-state index is 13.3. The van der Waals surface area contributed by atoms with Crippen LogP contribution < -0.4 is 0 Å². The van der Waals surface area contributed by atoms with Gasteiger partial charge in [-0.1, -0.05) is 18.2 Å². The first-order valence-corrected chi connectivity index (χ1v) is 8.97. The van der Waals surface area contributed by atoms with E-state index in [0.717, 1.165) is 18.9 Å². The lowest BCUT2D eigenvalue weighted by atomic mass is 10.00. The molecule has 0 radical (unpaired) electrons. The lowest BCUT2D eigenvalue weighted by molar-refractivity contribution is 0.0697. The Hall–Kier alpha value is -2.25. The van der Waals surface area contributed by atoms with Crippen molar-refractivity contribution in [3.8, 4) is 11.1 Å². The second-order valence-electron chi connectivity index (χ2n) is 5.63. The molecule has 5 nitrogen and oxygen atoms in total. The van der Waals surface area contributed by atoms with Crippen molar-refractivity contribution in [3.05, 3.63) is 53.8 Å². The summed E-state index contributed by atoms with van der Waals surface area (Å²) in [6, 6.07) is 9.51. The second-order valence-corrected chi connectivity index (χ2v) is 7.57. The maximum atomic E-state index is 13.3. The summed E-state index contributed by atoms with van der Waals surface area (Å²) in [4.78, 5) is 11.5. The van der Waals surface area contributed by atoms with E-state index in [0.29, 0.717) is 24.2 Å². The fraction of sp³-hybridized carbons (Fsp3) is 0.235. The van der Waals surface area contributed by atoms with Crippen LogP contribution in [0.3, 0.4) is 0 Å². The number of sulfonamides is 1. The van der Waals surface area contributed by atoms with Crippen LogP contribution in [0.1, 0.15) is 23.2 Å². The van der Waals surface area contributed by atoms with E-state index in [4.69, 9.17) is 0 Å². The van der Waals surface area contributed by atoms with Crippen LogP contribution >= 0.6 is 0 Å². The van der Waals surface area contributed by atoms with Crippen molar-refractivity contribution >= 4 is 16.0 Å². The lowest BCUT2D eigenvalue weighted by Gasteiger charge is -2.16. The van der Waals surface area contributed by atoms with E-state index in [9.17, 15) is 22.7 Å². The molecule has 1 fully saturated rings. The number of benzene rings is 2. The molecule has 1 N–H and O–H groups in total. The molecule has 2 aromatic rings. The Balaban J connectivity index is 1.97. The highest BCUT2D eigenvalue weighted by Gasteiger charge is 2.27. The third-order valence-electron chi connectivity index (χ3n) is 4.08. The van der Waals surface area contributed by atoms with Crippen LogP contribution in [0.15, 0.2) is 47.4 Å². The second kappa shape index (κ2) is 6.33. The summed E-state index contributed by atoms with van der Waals surface area (Å²) in [7, 11) is -3.51. The summed E-state index contributed by atoms with van der Waals surface area (Å²) in [6.07, 6.45) is 1.71. The predicted molar refractivity (Wildman–Crippen MR) is 86.8 cm³/mol. The average molecular weight is 349 g/mol. The van der Waals surface area contributed by atoms with Gasteiger partial charge in [-0.25, -0.2) is 17.6 Å². The molecule has 126 valence electrons. The summed E-state index contributed by atoms with van der Waals surface area (Å²) >= 11 is 0. The number of nitrogens with zero attached hydrogens (tertiary/aromatic N) is 1. The molecule has 24 heavy (non-hydrogen) atoms. The van der Waals surface area contributed by atoms with Crippen molar-refractivity contribution in [2.45, 2.75) is 17.7 Å². The van der Waals surface area contributed by atoms with Crippen molar-refractivity contribution < 1.29 is 22.7 Å². The van der Waals surface area contributed by atoms with Crippen LogP contribution in [0.4, 0.5) is 4.39 Å². The van der Waals surface area contributed by atoms with E-state index < -0.39 is 21.8 Å². The average Bonchev–Trinajstić information content (AvgIpc) is 3.10. The number of halogens is 1. The zero-order chi connectivity index (χ0) is 17.3. The Morgan fingerprint density at radius 3 is 2.25 bits per heavy atom. The van der Waals surface area contributed by atoms with E-state index in [1.165, 1.54) is 28.6 Å². The summed E-state index contributed by atoms with van der Waals surface area (Å²) < 4.78 is 39.7. The van der Waals surface area contributed by atoms with Crippen LogP contribution in [-0.2, 0) is 10.0 Å². The summed E-state index contributed by atoms with van der Waals surface area (Å²) in [5.41, 5.74) is 0.701.